The normalized spacial score (nSPS) is 18.4. The van der Waals surface area contributed by atoms with Crippen molar-refractivity contribution in [3.8, 4) is 5.75 Å². The number of hydrogen-bond acceptors (Lipinski definition) is 2. The monoisotopic (exact) mass is 325 g/mol. The molecule has 1 aromatic rings. The van der Waals surface area contributed by atoms with Gasteiger partial charge in [0.1, 0.15) is 5.75 Å². The fraction of sp³-hybridized carbons (Fsp3) is 0.625. The molecule has 2 nitrogen and oxygen atoms in total. The molecule has 0 bridgehead atoms. The number of aryl methyl sites for hydroxylation is 2. The van der Waals surface area contributed by atoms with Crippen LogP contribution in [0.15, 0.2) is 10.5 Å². The predicted octanol–water partition coefficient (Wildman–Crippen LogP) is 4.24. The van der Waals surface area contributed by atoms with E-state index in [0.717, 1.165) is 5.75 Å². The molecule has 19 heavy (non-hydrogen) atoms. The Hall–Kier alpha value is -0.540. The van der Waals surface area contributed by atoms with Crippen LogP contribution in [0.5, 0.6) is 5.75 Å². The minimum absolute atomic E-state index is 0.0825. The van der Waals surface area contributed by atoms with Crippen LogP contribution >= 0.6 is 15.9 Å². The maximum atomic E-state index is 6.19. The van der Waals surface area contributed by atoms with E-state index in [-0.39, 0.29) is 5.41 Å². The predicted molar refractivity (Wildman–Crippen MR) is 84.0 cm³/mol. The van der Waals surface area contributed by atoms with E-state index in [1.54, 1.807) is 7.11 Å². The Bertz CT molecular complexity index is 464. The van der Waals surface area contributed by atoms with Crippen molar-refractivity contribution < 1.29 is 4.74 Å². The minimum atomic E-state index is 0.0825. The molecule has 0 heterocycles. The van der Waals surface area contributed by atoms with Gasteiger partial charge in [0, 0.05) is 22.0 Å². The van der Waals surface area contributed by atoms with Crippen molar-refractivity contribution in [1.29, 1.82) is 0 Å². The first-order valence-electron chi connectivity index (χ1n) is 7.10. The molecule has 3 heteroatoms. The van der Waals surface area contributed by atoms with Crippen LogP contribution in [-0.2, 0) is 5.41 Å². The molecule has 0 saturated heterocycles. The van der Waals surface area contributed by atoms with Crippen LogP contribution in [-0.4, -0.2) is 13.7 Å². The molecule has 0 amide bonds. The van der Waals surface area contributed by atoms with Gasteiger partial charge < -0.3 is 10.5 Å². The number of benzene rings is 1. The van der Waals surface area contributed by atoms with E-state index in [2.05, 4.69) is 35.8 Å². The fourth-order valence-corrected chi connectivity index (χ4v) is 4.18. The van der Waals surface area contributed by atoms with Crippen molar-refractivity contribution in [3.63, 3.8) is 0 Å². The lowest BCUT2D eigenvalue weighted by atomic mass is 9.68. The molecule has 0 spiro atoms. The van der Waals surface area contributed by atoms with Gasteiger partial charge in [0.25, 0.3) is 0 Å². The van der Waals surface area contributed by atoms with Gasteiger partial charge in [0.2, 0.25) is 0 Å². The van der Waals surface area contributed by atoms with Crippen LogP contribution in [0.2, 0.25) is 0 Å². The second kappa shape index (κ2) is 5.84. The summed E-state index contributed by atoms with van der Waals surface area (Å²) in [4.78, 5) is 0. The van der Waals surface area contributed by atoms with Crippen molar-refractivity contribution in [3.05, 3.63) is 27.2 Å². The van der Waals surface area contributed by atoms with Crippen molar-refractivity contribution >= 4 is 15.9 Å². The Balaban J connectivity index is 2.64. The lowest BCUT2D eigenvalue weighted by Gasteiger charge is -2.39. The maximum absolute atomic E-state index is 6.19. The lowest BCUT2D eigenvalue weighted by molar-refractivity contribution is 0.286. The summed E-state index contributed by atoms with van der Waals surface area (Å²) in [5, 5.41) is 0. The number of halogens is 1. The molecule has 1 aromatic carbocycles. The first-order chi connectivity index (χ1) is 9.05. The molecule has 0 aliphatic heterocycles. The van der Waals surface area contributed by atoms with Crippen LogP contribution < -0.4 is 10.5 Å². The molecule has 0 unspecified atom stereocenters. The Morgan fingerprint density at radius 2 is 1.84 bits per heavy atom. The van der Waals surface area contributed by atoms with E-state index in [9.17, 15) is 0 Å². The third kappa shape index (κ3) is 2.55. The second-order valence-electron chi connectivity index (χ2n) is 5.78. The van der Waals surface area contributed by atoms with E-state index in [1.807, 2.05) is 0 Å². The number of rotatable bonds is 3. The average Bonchev–Trinajstić information content (AvgIpc) is 2.43. The molecule has 1 saturated carbocycles. The molecule has 1 fully saturated rings. The number of hydrogen-bond donors (Lipinski definition) is 1. The molecule has 2 rings (SSSR count). The summed E-state index contributed by atoms with van der Waals surface area (Å²) in [5.74, 6) is 1.02. The summed E-state index contributed by atoms with van der Waals surface area (Å²) in [6.07, 6.45) is 6.19. The summed E-state index contributed by atoms with van der Waals surface area (Å²) in [6.45, 7) is 4.97. The molecule has 1 aliphatic rings. The zero-order chi connectivity index (χ0) is 14.0. The van der Waals surface area contributed by atoms with Crippen molar-refractivity contribution in [2.45, 2.75) is 51.4 Å². The molecular weight excluding hydrogens is 302 g/mol. The highest BCUT2D eigenvalue weighted by atomic mass is 79.9. The topological polar surface area (TPSA) is 35.2 Å². The smallest absolute Gasteiger partial charge is 0.126 e. The summed E-state index contributed by atoms with van der Waals surface area (Å²) < 4.78 is 6.89. The Kier molecular flexibility index (Phi) is 4.57. The molecule has 106 valence electrons. The van der Waals surface area contributed by atoms with Gasteiger partial charge in [-0.3, -0.25) is 0 Å². The van der Waals surface area contributed by atoms with E-state index in [1.165, 1.54) is 53.3 Å². The zero-order valence-corrected chi connectivity index (χ0v) is 13.8. The highest BCUT2D eigenvalue weighted by molar-refractivity contribution is 9.10. The van der Waals surface area contributed by atoms with E-state index in [0.29, 0.717) is 6.54 Å². The van der Waals surface area contributed by atoms with E-state index in [4.69, 9.17) is 10.5 Å². The first kappa shape index (κ1) is 14.9. The van der Waals surface area contributed by atoms with Crippen LogP contribution in [0, 0.1) is 13.8 Å². The Labute approximate surface area is 124 Å². The first-order valence-corrected chi connectivity index (χ1v) is 7.89. The van der Waals surface area contributed by atoms with Crippen LogP contribution in [0.25, 0.3) is 0 Å². The van der Waals surface area contributed by atoms with Gasteiger partial charge in [-0.05, 0) is 37.8 Å². The summed E-state index contributed by atoms with van der Waals surface area (Å²) in [6, 6.07) is 2.18. The van der Waals surface area contributed by atoms with Crippen molar-refractivity contribution in [2.24, 2.45) is 5.73 Å². The molecule has 0 radical (unpaired) electrons. The molecule has 2 N–H and O–H groups in total. The quantitative estimate of drug-likeness (QED) is 0.902. The van der Waals surface area contributed by atoms with Crippen LogP contribution in [0.4, 0.5) is 0 Å². The van der Waals surface area contributed by atoms with E-state index < -0.39 is 0 Å². The zero-order valence-electron chi connectivity index (χ0n) is 12.2. The fourth-order valence-electron chi connectivity index (χ4n) is 3.47. The highest BCUT2D eigenvalue weighted by Gasteiger charge is 2.37. The van der Waals surface area contributed by atoms with Crippen molar-refractivity contribution in [2.75, 3.05) is 13.7 Å². The number of nitrogens with two attached hydrogens (primary N) is 1. The highest BCUT2D eigenvalue weighted by Crippen LogP contribution is 2.47. The third-order valence-electron chi connectivity index (χ3n) is 4.52. The lowest BCUT2D eigenvalue weighted by Crippen LogP contribution is -2.38. The molecule has 0 atom stereocenters. The van der Waals surface area contributed by atoms with Gasteiger partial charge in [0.15, 0.2) is 0 Å². The largest absolute Gasteiger partial charge is 0.496 e. The van der Waals surface area contributed by atoms with Crippen molar-refractivity contribution in [1.82, 2.24) is 0 Å². The average molecular weight is 326 g/mol. The van der Waals surface area contributed by atoms with Gasteiger partial charge in [-0.15, -0.1) is 0 Å². The van der Waals surface area contributed by atoms with Gasteiger partial charge in [-0.25, -0.2) is 0 Å². The Morgan fingerprint density at radius 3 is 2.37 bits per heavy atom. The van der Waals surface area contributed by atoms with Crippen LogP contribution in [0.1, 0.15) is 48.8 Å². The maximum Gasteiger partial charge on any atom is 0.126 e. The Morgan fingerprint density at radius 1 is 1.21 bits per heavy atom. The third-order valence-corrected chi connectivity index (χ3v) is 5.54. The van der Waals surface area contributed by atoms with Gasteiger partial charge in [0.05, 0.1) is 7.11 Å². The summed E-state index contributed by atoms with van der Waals surface area (Å²) in [5.41, 5.74) is 10.0. The van der Waals surface area contributed by atoms with Gasteiger partial charge >= 0.3 is 0 Å². The summed E-state index contributed by atoms with van der Waals surface area (Å²) >= 11 is 3.78. The number of methoxy groups -OCH3 is 1. The molecule has 1 aliphatic carbocycles. The SMILES string of the molecule is COc1c(C)cc(C)c(Br)c1C1(CN)CCCCC1. The summed E-state index contributed by atoms with van der Waals surface area (Å²) in [7, 11) is 1.76. The molecular formula is C16H24BrNO. The standard InChI is InChI=1S/C16H24BrNO/c1-11-9-12(2)15(19-3)13(14(11)17)16(10-18)7-5-4-6-8-16/h9H,4-8,10,18H2,1-3H3. The van der Waals surface area contributed by atoms with Gasteiger partial charge in [-0.2, -0.15) is 0 Å². The minimum Gasteiger partial charge on any atom is -0.496 e. The number of ether oxygens (including phenoxy) is 1. The van der Waals surface area contributed by atoms with Crippen LogP contribution in [0.3, 0.4) is 0 Å². The van der Waals surface area contributed by atoms with E-state index >= 15 is 0 Å². The van der Waals surface area contributed by atoms with Gasteiger partial charge in [-0.1, -0.05) is 41.3 Å². The second-order valence-corrected chi connectivity index (χ2v) is 6.57. The molecule has 0 aromatic heterocycles.